The molecule has 3 heterocycles. The predicted molar refractivity (Wildman–Crippen MR) is 99.9 cm³/mol. The Kier molecular flexibility index (Phi) is 5.06. The summed E-state index contributed by atoms with van der Waals surface area (Å²) in [6.45, 7) is 3.19. The van der Waals surface area contributed by atoms with Gasteiger partial charge in [-0.2, -0.15) is 0 Å². The lowest BCUT2D eigenvalue weighted by Crippen LogP contribution is -2.45. The van der Waals surface area contributed by atoms with Gasteiger partial charge in [0.05, 0.1) is 12.1 Å². The fraction of sp³-hybridized carbons (Fsp3) is 0.471. The molecule has 1 aromatic carbocycles. The molecule has 2 aliphatic rings. The lowest BCUT2D eigenvalue weighted by molar-refractivity contribution is -0.121. The highest BCUT2D eigenvalue weighted by Crippen LogP contribution is 2.37. The van der Waals surface area contributed by atoms with Crippen LogP contribution in [0.15, 0.2) is 29.4 Å². The van der Waals surface area contributed by atoms with Crippen LogP contribution in [0.25, 0.3) is 0 Å². The second kappa shape index (κ2) is 7.46. The number of carbonyl (C=O) groups is 1. The van der Waals surface area contributed by atoms with Crippen LogP contribution in [0.3, 0.4) is 0 Å². The van der Waals surface area contributed by atoms with E-state index in [-0.39, 0.29) is 23.3 Å². The molecule has 2 aliphatic heterocycles. The van der Waals surface area contributed by atoms with Crippen LogP contribution in [0, 0.1) is 6.92 Å². The highest BCUT2D eigenvalue weighted by Gasteiger charge is 2.37. The Morgan fingerprint density at radius 1 is 1.42 bits per heavy atom. The molecule has 138 valence electrons. The molecule has 0 aliphatic carbocycles. The molecule has 2 aromatic rings. The topological polar surface area (TPSA) is 81.1 Å². The summed E-state index contributed by atoms with van der Waals surface area (Å²) in [5.41, 5.74) is 4.36. The first kappa shape index (κ1) is 17.6. The van der Waals surface area contributed by atoms with Crippen molar-refractivity contribution in [3.63, 3.8) is 0 Å². The zero-order valence-corrected chi connectivity index (χ0v) is 15.9. The molecular formula is C17H20ClN5O2S. The molecule has 1 amide bonds. The molecule has 0 unspecified atom stereocenters. The monoisotopic (exact) mass is 393 g/mol. The SMILES string of the molecule is Cc1nnc2n1N[C@H](c1ccc(Cl)cc1)[C@H](C(=O)NC[C@@H]1CCCO1)S2. The minimum atomic E-state index is -0.367. The van der Waals surface area contributed by atoms with Crippen molar-refractivity contribution in [2.75, 3.05) is 18.6 Å². The van der Waals surface area contributed by atoms with Crippen LogP contribution in [0.4, 0.5) is 0 Å². The number of ether oxygens (including phenoxy) is 1. The van der Waals surface area contributed by atoms with E-state index in [1.807, 2.05) is 35.9 Å². The normalized spacial score (nSPS) is 24.8. The maximum absolute atomic E-state index is 12.9. The summed E-state index contributed by atoms with van der Waals surface area (Å²) >= 11 is 7.43. The number of fused-ring (bicyclic) bond motifs is 1. The summed E-state index contributed by atoms with van der Waals surface area (Å²) in [6, 6.07) is 7.32. The molecule has 2 N–H and O–H groups in total. The minimum absolute atomic E-state index is 0.0372. The summed E-state index contributed by atoms with van der Waals surface area (Å²) in [7, 11) is 0. The van der Waals surface area contributed by atoms with Crippen molar-refractivity contribution in [3.8, 4) is 0 Å². The maximum Gasteiger partial charge on any atom is 0.236 e. The molecule has 4 rings (SSSR count). The van der Waals surface area contributed by atoms with Crippen LogP contribution in [0.1, 0.15) is 30.3 Å². The number of aryl methyl sites for hydroxylation is 1. The van der Waals surface area contributed by atoms with Crippen molar-refractivity contribution in [1.82, 2.24) is 20.2 Å². The number of nitrogens with one attached hydrogen (secondary N) is 2. The quantitative estimate of drug-likeness (QED) is 0.829. The Morgan fingerprint density at radius 3 is 2.96 bits per heavy atom. The van der Waals surface area contributed by atoms with E-state index in [9.17, 15) is 4.79 Å². The first-order valence-corrected chi connectivity index (χ1v) is 9.87. The van der Waals surface area contributed by atoms with Crippen molar-refractivity contribution in [3.05, 3.63) is 40.7 Å². The average molecular weight is 394 g/mol. The summed E-state index contributed by atoms with van der Waals surface area (Å²) < 4.78 is 7.42. The third-order valence-corrected chi connectivity index (χ3v) is 6.08. The fourth-order valence-electron chi connectivity index (χ4n) is 3.20. The van der Waals surface area contributed by atoms with Crippen molar-refractivity contribution in [2.45, 2.75) is 42.3 Å². The van der Waals surface area contributed by atoms with Gasteiger partial charge in [0.1, 0.15) is 11.1 Å². The van der Waals surface area contributed by atoms with Gasteiger partial charge < -0.3 is 15.5 Å². The Hall–Kier alpha value is -1.77. The molecule has 0 spiro atoms. The smallest absolute Gasteiger partial charge is 0.236 e. The van der Waals surface area contributed by atoms with Crippen LogP contribution in [-0.2, 0) is 9.53 Å². The molecule has 0 radical (unpaired) electrons. The Morgan fingerprint density at radius 2 is 2.23 bits per heavy atom. The number of hydrogen-bond donors (Lipinski definition) is 2. The highest BCUT2D eigenvalue weighted by atomic mass is 35.5. The second-order valence-corrected chi connectivity index (χ2v) is 7.99. The van der Waals surface area contributed by atoms with Crippen LogP contribution in [-0.4, -0.2) is 45.3 Å². The number of carbonyl (C=O) groups excluding carboxylic acids is 1. The number of amides is 1. The lowest BCUT2D eigenvalue weighted by Gasteiger charge is -2.33. The van der Waals surface area contributed by atoms with E-state index in [4.69, 9.17) is 16.3 Å². The van der Waals surface area contributed by atoms with Gasteiger partial charge in [0.2, 0.25) is 11.1 Å². The highest BCUT2D eigenvalue weighted by molar-refractivity contribution is 8.00. The molecule has 0 bridgehead atoms. The van der Waals surface area contributed by atoms with Crippen molar-refractivity contribution in [2.24, 2.45) is 0 Å². The Labute approximate surface area is 160 Å². The standard InChI is InChI=1S/C17H20ClN5O2S/c1-10-20-21-17-23(10)22-14(11-4-6-12(18)7-5-11)15(26-17)16(24)19-9-13-3-2-8-25-13/h4-7,13-15,22H,2-3,8-9H2,1H3,(H,19,24)/t13-,14+,15+/m0/s1. The largest absolute Gasteiger partial charge is 0.376 e. The van der Waals surface area contributed by atoms with E-state index in [0.717, 1.165) is 30.8 Å². The van der Waals surface area contributed by atoms with Crippen LogP contribution < -0.4 is 10.7 Å². The minimum Gasteiger partial charge on any atom is -0.376 e. The van der Waals surface area contributed by atoms with Gasteiger partial charge in [-0.3, -0.25) is 4.79 Å². The van der Waals surface area contributed by atoms with Gasteiger partial charge >= 0.3 is 0 Å². The molecule has 3 atom stereocenters. The Balaban J connectivity index is 1.56. The molecule has 1 fully saturated rings. The summed E-state index contributed by atoms with van der Waals surface area (Å²) in [6.07, 6.45) is 2.15. The summed E-state index contributed by atoms with van der Waals surface area (Å²) in [5, 5.41) is 12.3. The van der Waals surface area contributed by atoms with Crippen LogP contribution in [0.5, 0.6) is 0 Å². The zero-order chi connectivity index (χ0) is 18.1. The van der Waals surface area contributed by atoms with E-state index in [1.165, 1.54) is 11.8 Å². The van der Waals surface area contributed by atoms with Crippen molar-refractivity contribution >= 4 is 29.3 Å². The number of rotatable bonds is 4. The third-order valence-electron chi connectivity index (χ3n) is 4.61. The van der Waals surface area contributed by atoms with Gasteiger partial charge in [-0.1, -0.05) is 35.5 Å². The first-order chi connectivity index (χ1) is 12.6. The van der Waals surface area contributed by atoms with Crippen molar-refractivity contribution in [1.29, 1.82) is 0 Å². The molecule has 1 saturated heterocycles. The Bertz CT molecular complexity index is 791. The molecular weight excluding hydrogens is 374 g/mol. The average Bonchev–Trinajstić information content (AvgIpc) is 3.29. The van der Waals surface area contributed by atoms with Gasteiger partial charge in [-0.25, -0.2) is 4.68 Å². The van der Waals surface area contributed by atoms with Gasteiger partial charge in [-0.15, -0.1) is 10.2 Å². The second-order valence-electron chi connectivity index (χ2n) is 6.44. The molecule has 9 heteroatoms. The molecule has 7 nitrogen and oxygen atoms in total. The number of thioether (sulfide) groups is 1. The van der Waals surface area contributed by atoms with E-state index < -0.39 is 0 Å². The van der Waals surface area contributed by atoms with E-state index in [1.54, 1.807) is 0 Å². The predicted octanol–water partition coefficient (Wildman–Crippen LogP) is 2.29. The number of aromatic nitrogens is 3. The van der Waals surface area contributed by atoms with Crippen LogP contribution >= 0.6 is 23.4 Å². The number of benzene rings is 1. The summed E-state index contributed by atoms with van der Waals surface area (Å²) in [4.78, 5) is 12.9. The summed E-state index contributed by atoms with van der Waals surface area (Å²) in [5.74, 6) is 0.717. The van der Waals surface area contributed by atoms with Gasteiger partial charge in [0.15, 0.2) is 0 Å². The number of halogens is 1. The van der Waals surface area contributed by atoms with Gasteiger partial charge in [-0.05, 0) is 37.5 Å². The van der Waals surface area contributed by atoms with E-state index in [0.29, 0.717) is 16.7 Å². The fourth-order valence-corrected chi connectivity index (χ4v) is 4.48. The van der Waals surface area contributed by atoms with Gasteiger partial charge in [0.25, 0.3) is 0 Å². The first-order valence-electron chi connectivity index (χ1n) is 8.62. The number of hydrogen-bond acceptors (Lipinski definition) is 6. The lowest BCUT2D eigenvalue weighted by atomic mass is 10.0. The third kappa shape index (κ3) is 3.54. The van der Waals surface area contributed by atoms with E-state index in [2.05, 4.69) is 20.9 Å². The molecule has 26 heavy (non-hydrogen) atoms. The number of nitrogens with zero attached hydrogens (tertiary/aromatic N) is 3. The van der Waals surface area contributed by atoms with Crippen LogP contribution in [0.2, 0.25) is 5.02 Å². The van der Waals surface area contributed by atoms with E-state index >= 15 is 0 Å². The maximum atomic E-state index is 12.9. The zero-order valence-electron chi connectivity index (χ0n) is 14.3. The van der Waals surface area contributed by atoms with Gasteiger partial charge in [0, 0.05) is 18.2 Å². The molecule has 0 saturated carbocycles. The molecule has 1 aromatic heterocycles. The van der Waals surface area contributed by atoms with Crippen molar-refractivity contribution < 1.29 is 9.53 Å².